The molecule has 2 atom stereocenters. The van der Waals surface area contributed by atoms with E-state index in [9.17, 15) is 9.59 Å². The summed E-state index contributed by atoms with van der Waals surface area (Å²) in [6.45, 7) is 7.59. The van der Waals surface area contributed by atoms with E-state index in [4.69, 9.17) is 4.52 Å². The second kappa shape index (κ2) is 5.60. The van der Waals surface area contributed by atoms with E-state index < -0.39 is 12.1 Å². The van der Waals surface area contributed by atoms with Crippen molar-refractivity contribution < 1.29 is 14.1 Å². The Labute approximate surface area is 117 Å². The van der Waals surface area contributed by atoms with Gasteiger partial charge in [-0.3, -0.25) is 9.59 Å². The van der Waals surface area contributed by atoms with Gasteiger partial charge in [0.05, 0.1) is 6.54 Å². The molecule has 1 aliphatic heterocycles. The molecule has 0 saturated carbocycles. The Balaban J connectivity index is 2.27. The van der Waals surface area contributed by atoms with Crippen molar-refractivity contribution in [1.82, 2.24) is 20.4 Å². The second-order valence-electron chi connectivity index (χ2n) is 5.35. The second-order valence-corrected chi connectivity index (χ2v) is 5.35. The maximum absolute atomic E-state index is 12.5. The molecule has 7 heteroatoms. The maximum atomic E-state index is 12.5. The normalized spacial score (nSPS) is 23.4. The van der Waals surface area contributed by atoms with Gasteiger partial charge in [0.2, 0.25) is 17.7 Å². The first kappa shape index (κ1) is 14.5. The van der Waals surface area contributed by atoms with Gasteiger partial charge in [0.1, 0.15) is 12.1 Å². The number of carbonyl (C=O) groups is 2. The fourth-order valence-corrected chi connectivity index (χ4v) is 2.47. The molecule has 1 N–H and O–H groups in total. The summed E-state index contributed by atoms with van der Waals surface area (Å²) in [7, 11) is 0. The maximum Gasteiger partial charge on any atom is 0.246 e. The van der Waals surface area contributed by atoms with E-state index in [0.29, 0.717) is 18.1 Å². The van der Waals surface area contributed by atoms with Crippen LogP contribution < -0.4 is 5.32 Å². The molecule has 1 saturated heterocycles. The number of nitrogens with one attached hydrogen (secondary N) is 1. The third-order valence-corrected chi connectivity index (χ3v) is 3.42. The molecular weight excluding hydrogens is 260 g/mol. The first-order valence-corrected chi connectivity index (χ1v) is 6.84. The van der Waals surface area contributed by atoms with Gasteiger partial charge >= 0.3 is 0 Å². The van der Waals surface area contributed by atoms with Gasteiger partial charge in [-0.05, 0) is 12.3 Å². The summed E-state index contributed by atoms with van der Waals surface area (Å²) < 4.78 is 4.92. The number of piperazine rings is 1. The minimum Gasteiger partial charge on any atom is -0.343 e. The van der Waals surface area contributed by atoms with Crippen molar-refractivity contribution in [2.45, 2.75) is 52.7 Å². The zero-order chi connectivity index (χ0) is 14.9. The summed E-state index contributed by atoms with van der Waals surface area (Å²) in [5.74, 6) is 0.678. The predicted octanol–water partition coefficient (Wildman–Crippen LogP) is 0.640. The van der Waals surface area contributed by atoms with Crippen LogP contribution in [0.15, 0.2) is 4.52 Å². The topological polar surface area (TPSA) is 88.3 Å². The van der Waals surface area contributed by atoms with Crippen LogP contribution in [-0.2, 0) is 16.1 Å². The Morgan fingerprint density at radius 1 is 1.40 bits per heavy atom. The SMILES string of the molecule is CCC1NC(=O)C(C(C)C)N(Cc2noc(C)n2)C1=O. The van der Waals surface area contributed by atoms with Gasteiger partial charge in [-0.2, -0.15) is 4.98 Å². The largest absolute Gasteiger partial charge is 0.343 e. The lowest BCUT2D eigenvalue weighted by Gasteiger charge is -2.40. The van der Waals surface area contributed by atoms with E-state index in [2.05, 4.69) is 15.5 Å². The average Bonchev–Trinajstić information content (AvgIpc) is 2.78. The summed E-state index contributed by atoms with van der Waals surface area (Å²) in [5.41, 5.74) is 0. The molecule has 20 heavy (non-hydrogen) atoms. The number of hydrogen-bond acceptors (Lipinski definition) is 5. The van der Waals surface area contributed by atoms with E-state index in [0.717, 1.165) is 0 Å². The Hall–Kier alpha value is -1.92. The van der Waals surface area contributed by atoms with Crippen LogP contribution >= 0.6 is 0 Å². The van der Waals surface area contributed by atoms with Crippen LogP contribution in [0.25, 0.3) is 0 Å². The number of nitrogens with zero attached hydrogens (tertiary/aromatic N) is 3. The summed E-state index contributed by atoms with van der Waals surface area (Å²) >= 11 is 0. The summed E-state index contributed by atoms with van der Waals surface area (Å²) in [6.07, 6.45) is 0.567. The Morgan fingerprint density at radius 3 is 2.60 bits per heavy atom. The van der Waals surface area contributed by atoms with Gasteiger partial charge in [0.15, 0.2) is 5.82 Å². The molecule has 2 unspecified atom stereocenters. The smallest absolute Gasteiger partial charge is 0.246 e. The summed E-state index contributed by atoms with van der Waals surface area (Å²) in [6, 6.07) is -0.963. The molecule has 0 aliphatic carbocycles. The molecule has 2 amide bonds. The highest BCUT2D eigenvalue weighted by molar-refractivity contribution is 5.97. The Morgan fingerprint density at radius 2 is 2.10 bits per heavy atom. The number of carbonyl (C=O) groups excluding carboxylic acids is 2. The molecule has 0 aromatic carbocycles. The molecule has 1 aliphatic rings. The van der Waals surface area contributed by atoms with Crippen LogP contribution in [0.1, 0.15) is 38.9 Å². The van der Waals surface area contributed by atoms with Gasteiger partial charge in [-0.15, -0.1) is 0 Å². The lowest BCUT2D eigenvalue weighted by molar-refractivity contribution is -0.152. The fraction of sp³-hybridized carbons (Fsp3) is 0.692. The predicted molar refractivity (Wildman–Crippen MR) is 70.4 cm³/mol. The lowest BCUT2D eigenvalue weighted by atomic mass is 9.96. The van der Waals surface area contributed by atoms with Crippen LogP contribution in [0.5, 0.6) is 0 Å². The molecule has 0 bridgehead atoms. The molecule has 1 aromatic heterocycles. The molecule has 0 radical (unpaired) electrons. The lowest BCUT2D eigenvalue weighted by Crippen LogP contribution is -2.64. The average molecular weight is 280 g/mol. The van der Waals surface area contributed by atoms with E-state index in [1.54, 1.807) is 11.8 Å². The van der Waals surface area contributed by atoms with Gasteiger partial charge in [0, 0.05) is 6.92 Å². The van der Waals surface area contributed by atoms with Crippen LogP contribution in [-0.4, -0.2) is 38.9 Å². The molecule has 2 heterocycles. The molecule has 1 fully saturated rings. The van der Waals surface area contributed by atoms with Crippen LogP contribution in [0.4, 0.5) is 0 Å². The molecule has 110 valence electrons. The fourth-order valence-electron chi connectivity index (χ4n) is 2.47. The van der Waals surface area contributed by atoms with Crippen molar-refractivity contribution in [3.05, 3.63) is 11.7 Å². The van der Waals surface area contributed by atoms with E-state index in [1.807, 2.05) is 20.8 Å². The van der Waals surface area contributed by atoms with Crippen LogP contribution in [0.3, 0.4) is 0 Å². The standard InChI is InChI=1S/C13H20N4O3/c1-5-9-13(19)17(6-10-14-8(4)20-16-10)11(7(2)3)12(18)15-9/h7,9,11H,5-6H2,1-4H3,(H,15,18). The van der Waals surface area contributed by atoms with E-state index in [1.165, 1.54) is 0 Å². The van der Waals surface area contributed by atoms with Crippen molar-refractivity contribution >= 4 is 11.8 Å². The van der Waals surface area contributed by atoms with Crippen molar-refractivity contribution in [1.29, 1.82) is 0 Å². The molecule has 1 aromatic rings. The molecule has 7 nitrogen and oxygen atoms in total. The van der Waals surface area contributed by atoms with Gasteiger partial charge in [-0.25, -0.2) is 0 Å². The van der Waals surface area contributed by atoms with Crippen molar-refractivity contribution in [2.24, 2.45) is 5.92 Å². The number of aromatic nitrogens is 2. The third kappa shape index (κ3) is 2.66. The molecular formula is C13H20N4O3. The zero-order valence-corrected chi connectivity index (χ0v) is 12.2. The van der Waals surface area contributed by atoms with Crippen molar-refractivity contribution in [3.8, 4) is 0 Å². The monoisotopic (exact) mass is 280 g/mol. The summed E-state index contributed by atoms with van der Waals surface area (Å²) in [5, 5.41) is 6.58. The summed E-state index contributed by atoms with van der Waals surface area (Å²) in [4.78, 5) is 30.3. The zero-order valence-electron chi connectivity index (χ0n) is 12.2. The number of amides is 2. The van der Waals surface area contributed by atoms with Gasteiger partial charge < -0.3 is 14.7 Å². The van der Waals surface area contributed by atoms with E-state index >= 15 is 0 Å². The minimum absolute atomic E-state index is 0.0183. The number of rotatable bonds is 4. The highest BCUT2D eigenvalue weighted by Gasteiger charge is 2.41. The number of aryl methyl sites for hydroxylation is 1. The van der Waals surface area contributed by atoms with E-state index in [-0.39, 0.29) is 24.3 Å². The van der Waals surface area contributed by atoms with Gasteiger partial charge in [-0.1, -0.05) is 25.9 Å². The Bertz CT molecular complexity index is 511. The third-order valence-electron chi connectivity index (χ3n) is 3.42. The van der Waals surface area contributed by atoms with Crippen molar-refractivity contribution in [3.63, 3.8) is 0 Å². The van der Waals surface area contributed by atoms with Gasteiger partial charge in [0.25, 0.3) is 0 Å². The number of hydrogen-bond donors (Lipinski definition) is 1. The Kier molecular flexibility index (Phi) is 4.06. The van der Waals surface area contributed by atoms with Crippen molar-refractivity contribution in [2.75, 3.05) is 0 Å². The highest BCUT2D eigenvalue weighted by Crippen LogP contribution is 2.20. The first-order chi connectivity index (χ1) is 9.43. The minimum atomic E-state index is -0.496. The molecule has 0 spiro atoms. The first-order valence-electron chi connectivity index (χ1n) is 6.84. The molecule has 2 rings (SSSR count). The van der Waals surface area contributed by atoms with Crippen LogP contribution in [0.2, 0.25) is 0 Å². The quantitative estimate of drug-likeness (QED) is 0.874. The highest BCUT2D eigenvalue weighted by atomic mass is 16.5. The van der Waals surface area contributed by atoms with Crippen LogP contribution in [0, 0.1) is 12.8 Å².